The number of ether oxygens (including phenoxy) is 1. The summed E-state index contributed by atoms with van der Waals surface area (Å²) in [6, 6.07) is 8.34. The molecule has 0 spiro atoms. The standard InChI is InChI=1S/C16H23N3O/c1-4-5-11-19-12-10-17-16(19)18-13(2)14-6-8-15(20-3)9-7-14/h6-10,12-13H,4-5,11H2,1-3H3,(H,17,18). The summed E-state index contributed by atoms with van der Waals surface area (Å²) in [5, 5.41) is 3.46. The Morgan fingerprint density at radius 1 is 1.30 bits per heavy atom. The first-order valence-electron chi connectivity index (χ1n) is 7.16. The van der Waals surface area contributed by atoms with Gasteiger partial charge in [-0.1, -0.05) is 25.5 Å². The van der Waals surface area contributed by atoms with E-state index < -0.39 is 0 Å². The van der Waals surface area contributed by atoms with Crippen molar-refractivity contribution in [3.05, 3.63) is 42.2 Å². The number of unbranched alkanes of at least 4 members (excludes halogenated alkanes) is 1. The van der Waals surface area contributed by atoms with Crippen LogP contribution in [0.25, 0.3) is 0 Å². The predicted octanol–water partition coefficient (Wildman–Crippen LogP) is 3.86. The van der Waals surface area contributed by atoms with Gasteiger partial charge in [-0.15, -0.1) is 0 Å². The van der Waals surface area contributed by atoms with E-state index >= 15 is 0 Å². The van der Waals surface area contributed by atoms with Crippen molar-refractivity contribution in [2.75, 3.05) is 12.4 Å². The maximum atomic E-state index is 5.18. The van der Waals surface area contributed by atoms with E-state index in [1.807, 2.05) is 24.5 Å². The fraction of sp³-hybridized carbons (Fsp3) is 0.438. The molecule has 0 aliphatic heterocycles. The fourth-order valence-corrected chi connectivity index (χ4v) is 2.13. The maximum absolute atomic E-state index is 5.18. The number of hydrogen-bond donors (Lipinski definition) is 1. The first-order valence-corrected chi connectivity index (χ1v) is 7.16. The highest BCUT2D eigenvalue weighted by molar-refractivity contribution is 5.35. The number of methoxy groups -OCH3 is 1. The van der Waals surface area contributed by atoms with Gasteiger partial charge in [0.2, 0.25) is 5.95 Å². The van der Waals surface area contributed by atoms with Gasteiger partial charge in [0.1, 0.15) is 5.75 Å². The highest BCUT2D eigenvalue weighted by atomic mass is 16.5. The average Bonchev–Trinajstić information content (AvgIpc) is 2.92. The minimum atomic E-state index is 0.212. The molecular weight excluding hydrogens is 250 g/mol. The van der Waals surface area contributed by atoms with E-state index in [4.69, 9.17) is 4.74 Å². The number of aryl methyl sites for hydroxylation is 1. The molecule has 4 nitrogen and oxygen atoms in total. The first kappa shape index (κ1) is 14.4. The monoisotopic (exact) mass is 273 g/mol. The van der Waals surface area contributed by atoms with Crippen LogP contribution in [0, 0.1) is 0 Å². The van der Waals surface area contributed by atoms with Crippen LogP contribution < -0.4 is 10.1 Å². The maximum Gasteiger partial charge on any atom is 0.203 e. The summed E-state index contributed by atoms with van der Waals surface area (Å²) in [6.07, 6.45) is 6.23. The number of imidazole rings is 1. The molecule has 1 heterocycles. The molecule has 0 saturated heterocycles. The largest absolute Gasteiger partial charge is 0.497 e. The molecule has 0 bridgehead atoms. The molecule has 0 aliphatic rings. The van der Waals surface area contributed by atoms with Crippen LogP contribution in [-0.2, 0) is 6.54 Å². The Kier molecular flexibility index (Phi) is 5.04. The molecule has 1 N–H and O–H groups in total. The van der Waals surface area contributed by atoms with Crippen molar-refractivity contribution in [2.24, 2.45) is 0 Å². The predicted molar refractivity (Wildman–Crippen MR) is 82.2 cm³/mol. The van der Waals surface area contributed by atoms with Crippen LogP contribution in [0.3, 0.4) is 0 Å². The van der Waals surface area contributed by atoms with E-state index in [9.17, 15) is 0 Å². The molecule has 2 aromatic rings. The zero-order valence-corrected chi connectivity index (χ0v) is 12.5. The van der Waals surface area contributed by atoms with E-state index in [1.54, 1.807) is 7.11 Å². The second-order valence-electron chi connectivity index (χ2n) is 4.94. The third-order valence-electron chi connectivity index (χ3n) is 3.43. The van der Waals surface area contributed by atoms with Gasteiger partial charge < -0.3 is 14.6 Å². The quantitative estimate of drug-likeness (QED) is 0.832. The lowest BCUT2D eigenvalue weighted by Crippen LogP contribution is -2.11. The lowest BCUT2D eigenvalue weighted by atomic mass is 10.1. The molecule has 0 fully saturated rings. The number of benzene rings is 1. The third kappa shape index (κ3) is 3.53. The first-order chi connectivity index (χ1) is 9.74. The number of aromatic nitrogens is 2. The Balaban J connectivity index is 2.03. The van der Waals surface area contributed by atoms with Gasteiger partial charge >= 0.3 is 0 Å². The van der Waals surface area contributed by atoms with Crippen molar-refractivity contribution in [3.63, 3.8) is 0 Å². The van der Waals surface area contributed by atoms with Gasteiger partial charge in [0.05, 0.1) is 13.2 Å². The van der Waals surface area contributed by atoms with Crippen LogP contribution in [0.2, 0.25) is 0 Å². The van der Waals surface area contributed by atoms with Crippen molar-refractivity contribution in [1.29, 1.82) is 0 Å². The van der Waals surface area contributed by atoms with Crippen LogP contribution in [0.5, 0.6) is 5.75 Å². The second kappa shape index (κ2) is 6.98. The van der Waals surface area contributed by atoms with E-state index in [0.29, 0.717) is 0 Å². The molecule has 1 unspecified atom stereocenters. The Morgan fingerprint density at radius 3 is 2.70 bits per heavy atom. The molecule has 1 aromatic heterocycles. The van der Waals surface area contributed by atoms with Crippen molar-refractivity contribution in [2.45, 2.75) is 39.3 Å². The summed E-state index contributed by atoms with van der Waals surface area (Å²) in [5.41, 5.74) is 1.22. The fourth-order valence-electron chi connectivity index (χ4n) is 2.13. The lowest BCUT2D eigenvalue weighted by molar-refractivity contribution is 0.414. The van der Waals surface area contributed by atoms with Gasteiger partial charge in [-0.05, 0) is 31.0 Å². The van der Waals surface area contributed by atoms with E-state index in [0.717, 1.165) is 18.2 Å². The van der Waals surface area contributed by atoms with Gasteiger partial charge in [-0.25, -0.2) is 4.98 Å². The van der Waals surface area contributed by atoms with Crippen LogP contribution in [0.4, 0.5) is 5.95 Å². The van der Waals surface area contributed by atoms with Crippen molar-refractivity contribution in [1.82, 2.24) is 9.55 Å². The molecule has 108 valence electrons. The summed E-state index contributed by atoms with van der Waals surface area (Å²) in [7, 11) is 1.68. The smallest absolute Gasteiger partial charge is 0.203 e. The summed E-state index contributed by atoms with van der Waals surface area (Å²) < 4.78 is 7.35. The van der Waals surface area contributed by atoms with E-state index in [1.165, 1.54) is 18.4 Å². The minimum absolute atomic E-state index is 0.212. The van der Waals surface area contributed by atoms with Gasteiger partial charge in [0, 0.05) is 18.9 Å². The zero-order valence-electron chi connectivity index (χ0n) is 12.5. The number of nitrogens with zero attached hydrogens (tertiary/aromatic N) is 2. The molecule has 0 aliphatic carbocycles. The summed E-state index contributed by atoms with van der Waals surface area (Å²) in [4.78, 5) is 4.40. The van der Waals surface area contributed by atoms with Crippen LogP contribution in [0.15, 0.2) is 36.7 Å². The van der Waals surface area contributed by atoms with Crippen LogP contribution in [0.1, 0.15) is 38.3 Å². The number of rotatable bonds is 7. The summed E-state index contributed by atoms with van der Waals surface area (Å²) >= 11 is 0. The topological polar surface area (TPSA) is 39.1 Å². The van der Waals surface area contributed by atoms with Gasteiger partial charge in [-0.2, -0.15) is 0 Å². The molecular formula is C16H23N3O. The van der Waals surface area contributed by atoms with Crippen LogP contribution in [-0.4, -0.2) is 16.7 Å². The SMILES string of the molecule is CCCCn1ccnc1NC(C)c1ccc(OC)cc1. The second-order valence-corrected chi connectivity index (χ2v) is 4.94. The molecule has 0 radical (unpaired) electrons. The van der Waals surface area contributed by atoms with Crippen molar-refractivity contribution >= 4 is 5.95 Å². The Morgan fingerprint density at radius 2 is 2.05 bits per heavy atom. The van der Waals surface area contributed by atoms with Gasteiger partial charge in [0.25, 0.3) is 0 Å². The highest BCUT2D eigenvalue weighted by Gasteiger charge is 2.09. The van der Waals surface area contributed by atoms with Gasteiger partial charge in [0.15, 0.2) is 0 Å². The number of nitrogens with one attached hydrogen (secondary N) is 1. The van der Waals surface area contributed by atoms with Crippen molar-refractivity contribution < 1.29 is 4.74 Å². The molecule has 1 atom stereocenters. The Bertz CT molecular complexity index is 519. The molecule has 0 saturated carbocycles. The highest BCUT2D eigenvalue weighted by Crippen LogP contribution is 2.21. The van der Waals surface area contributed by atoms with Crippen LogP contribution >= 0.6 is 0 Å². The Hall–Kier alpha value is -1.97. The van der Waals surface area contributed by atoms with Crippen molar-refractivity contribution in [3.8, 4) is 5.75 Å². The molecule has 2 rings (SSSR count). The molecule has 20 heavy (non-hydrogen) atoms. The molecule has 4 heteroatoms. The number of anilines is 1. The zero-order chi connectivity index (χ0) is 14.4. The Labute approximate surface area is 120 Å². The molecule has 0 amide bonds. The van der Waals surface area contributed by atoms with E-state index in [2.05, 4.69) is 40.8 Å². The minimum Gasteiger partial charge on any atom is -0.497 e. The average molecular weight is 273 g/mol. The lowest BCUT2D eigenvalue weighted by Gasteiger charge is -2.16. The normalized spacial score (nSPS) is 12.2. The number of hydrogen-bond acceptors (Lipinski definition) is 3. The third-order valence-corrected chi connectivity index (χ3v) is 3.43. The van der Waals surface area contributed by atoms with Gasteiger partial charge in [-0.3, -0.25) is 0 Å². The summed E-state index contributed by atoms with van der Waals surface area (Å²) in [6.45, 7) is 5.35. The van der Waals surface area contributed by atoms with E-state index in [-0.39, 0.29) is 6.04 Å². The molecule has 1 aromatic carbocycles. The summed E-state index contributed by atoms with van der Waals surface area (Å²) in [5.74, 6) is 1.81.